The van der Waals surface area contributed by atoms with Gasteiger partial charge in [0.05, 0.1) is 4.92 Å². The second-order valence-electron chi connectivity index (χ2n) is 4.94. The number of aliphatic imine (C=N–C) groups is 1. The molecule has 0 aliphatic carbocycles. The Morgan fingerprint density at radius 3 is 2.62 bits per heavy atom. The first kappa shape index (κ1) is 15.4. The Bertz CT molecular complexity index is 883. The van der Waals surface area contributed by atoms with Crippen LogP contribution in [0.15, 0.2) is 77.4 Å². The van der Waals surface area contributed by atoms with Crippen LogP contribution in [0.5, 0.6) is 0 Å². The molecule has 1 aliphatic rings. The molecule has 6 heteroatoms. The molecule has 0 saturated carbocycles. The average Bonchev–Trinajstić information content (AvgIpc) is 2.97. The quantitative estimate of drug-likeness (QED) is 0.374. The summed E-state index contributed by atoms with van der Waals surface area (Å²) in [5.41, 5.74) is 1.56. The molecule has 2 aromatic rings. The van der Waals surface area contributed by atoms with Crippen molar-refractivity contribution in [2.45, 2.75) is 0 Å². The molecule has 6 nitrogen and oxygen atoms in total. The number of cyclic esters (lactones) is 1. The van der Waals surface area contributed by atoms with E-state index in [-0.39, 0.29) is 17.3 Å². The predicted octanol–water partition coefficient (Wildman–Crippen LogP) is 3.50. The number of hydrogen-bond acceptors (Lipinski definition) is 5. The zero-order valence-electron chi connectivity index (χ0n) is 12.5. The van der Waals surface area contributed by atoms with Gasteiger partial charge in [0, 0.05) is 17.7 Å². The molecular formula is C18H12N2O4. The van der Waals surface area contributed by atoms with E-state index in [1.165, 1.54) is 18.2 Å². The van der Waals surface area contributed by atoms with Gasteiger partial charge in [-0.1, -0.05) is 42.5 Å². The van der Waals surface area contributed by atoms with Crippen molar-refractivity contribution in [2.24, 2.45) is 4.99 Å². The number of non-ortho nitro benzene ring substituents is 1. The third kappa shape index (κ3) is 3.44. The molecule has 1 aliphatic heterocycles. The third-order valence-electron chi connectivity index (χ3n) is 3.27. The number of allylic oxidation sites excluding steroid dienone is 2. The fourth-order valence-corrected chi connectivity index (χ4v) is 2.12. The van der Waals surface area contributed by atoms with Gasteiger partial charge in [-0.05, 0) is 23.8 Å². The number of esters is 1. The summed E-state index contributed by atoms with van der Waals surface area (Å²) in [7, 11) is 0. The molecule has 0 aromatic heterocycles. The van der Waals surface area contributed by atoms with Crippen LogP contribution in [0.25, 0.3) is 6.08 Å². The van der Waals surface area contributed by atoms with Crippen LogP contribution < -0.4 is 0 Å². The maximum atomic E-state index is 11.8. The molecular weight excluding hydrogens is 308 g/mol. The van der Waals surface area contributed by atoms with Gasteiger partial charge in [0.2, 0.25) is 5.90 Å². The fraction of sp³-hybridized carbons (Fsp3) is 0. The molecule has 1 heterocycles. The van der Waals surface area contributed by atoms with Gasteiger partial charge in [0.1, 0.15) is 0 Å². The Morgan fingerprint density at radius 2 is 1.88 bits per heavy atom. The number of hydrogen-bond donors (Lipinski definition) is 0. The van der Waals surface area contributed by atoms with Crippen LogP contribution in [-0.4, -0.2) is 16.8 Å². The van der Waals surface area contributed by atoms with Gasteiger partial charge >= 0.3 is 5.97 Å². The highest BCUT2D eigenvalue weighted by atomic mass is 16.6. The largest absolute Gasteiger partial charge is 0.402 e. The summed E-state index contributed by atoms with van der Waals surface area (Å²) in [5.74, 6) is -0.270. The van der Waals surface area contributed by atoms with Crippen molar-refractivity contribution in [1.29, 1.82) is 0 Å². The van der Waals surface area contributed by atoms with Crippen LogP contribution in [0, 0.1) is 10.1 Å². The monoisotopic (exact) mass is 320 g/mol. The van der Waals surface area contributed by atoms with Gasteiger partial charge < -0.3 is 4.74 Å². The van der Waals surface area contributed by atoms with E-state index in [2.05, 4.69) is 4.99 Å². The lowest BCUT2D eigenvalue weighted by atomic mass is 10.2. The standard InChI is InChI=1S/C18H12N2O4/c21-18-16(19-17(24-18)14-8-2-1-3-9-14)11-5-7-13-6-4-10-15(12-13)20(22)23/h1-12H/b7-5+,16-11-. The van der Waals surface area contributed by atoms with Crippen LogP contribution in [0.2, 0.25) is 0 Å². The van der Waals surface area contributed by atoms with Crippen LogP contribution >= 0.6 is 0 Å². The van der Waals surface area contributed by atoms with E-state index < -0.39 is 10.9 Å². The topological polar surface area (TPSA) is 81.8 Å². The second-order valence-corrected chi connectivity index (χ2v) is 4.94. The lowest BCUT2D eigenvalue weighted by Gasteiger charge is -1.97. The Kier molecular flexibility index (Phi) is 4.29. The van der Waals surface area contributed by atoms with E-state index in [0.29, 0.717) is 5.56 Å². The van der Waals surface area contributed by atoms with Crippen molar-refractivity contribution in [3.63, 3.8) is 0 Å². The smallest absolute Gasteiger partial charge is 0.363 e. The third-order valence-corrected chi connectivity index (χ3v) is 3.27. The molecule has 0 fully saturated rings. The molecule has 0 N–H and O–H groups in total. The SMILES string of the molecule is O=C1OC(c2ccccc2)=N/C1=C\C=C\c1cccc([N+](=O)[O-])c1. The van der Waals surface area contributed by atoms with Gasteiger partial charge in [0.15, 0.2) is 5.70 Å². The number of carbonyl (C=O) groups is 1. The van der Waals surface area contributed by atoms with E-state index in [1.807, 2.05) is 18.2 Å². The Hall–Kier alpha value is -3.54. The molecule has 2 aromatic carbocycles. The molecule has 118 valence electrons. The van der Waals surface area contributed by atoms with Crippen molar-refractivity contribution in [1.82, 2.24) is 0 Å². The van der Waals surface area contributed by atoms with Crippen molar-refractivity contribution in [3.05, 3.63) is 93.7 Å². The Balaban J connectivity index is 1.79. The highest BCUT2D eigenvalue weighted by molar-refractivity contribution is 6.11. The fourth-order valence-electron chi connectivity index (χ4n) is 2.12. The first-order chi connectivity index (χ1) is 11.6. The summed E-state index contributed by atoms with van der Waals surface area (Å²) >= 11 is 0. The molecule has 0 amide bonds. The van der Waals surface area contributed by atoms with Gasteiger partial charge in [-0.25, -0.2) is 9.79 Å². The van der Waals surface area contributed by atoms with E-state index in [1.54, 1.807) is 36.4 Å². The minimum absolute atomic E-state index is 0.00876. The zero-order valence-corrected chi connectivity index (χ0v) is 12.5. The minimum Gasteiger partial charge on any atom is -0.402 e. The Morgan fingerprint density at radius 1 is 1.08 bits per heavy atom. The van der Waals surface area contributed by atoms with Gasteiger partial charge in [-0.15, -0.1) is 0 Å². The van der Waals surface area contributed by atoms with Crippen molar-refractivity contribution in [2.75, 3.05) is 0 Å². The molecule has 3 rings (SSSR count). The maximum Gasteiger partial charge on any atom is 0.363 e. The van der Waals surface area contributed by atoms with Crippen molar-refractivity contribution < 1.29 is 14.5 Å². The number of nitro groups is 1. The van der Waals surface area contributed by atoms with Gasteiger partial charge in [0.25, 0.3) is 5.69 Å². The van der Waals surface area contributed by atoms with E-state index >= 15 is 0 Å². The highest BCUT2D eigenvalue weighted by Gasteiger charge is 2.23. The molecule has 24 heavy (non-hydrogen) atoms. The first-order valence-electron chi connectivity index (χ1n) is 7.12. The maximum absolute atomic E-state index is 11.8. The van der Waals surface area contributed by atoms with E-state index in [0.717, 1.165) is 5.56 Å². The summed E-state index contributed by atoms with van der Waals surface area (Å²) in [6.45, 7) is 0. The summed E-state index contributed by atoms with van der Waals surface area (Å²) in [6.07, 6.45) is 4.77. The number of ether oxygens (including phenoxy) is 1. The van der Waals surface area contributed by atoms with Gasteiger partial charge in [-0.3, -0.25) is 10.1 Å². The van der Waals surface area contributed by atoms with Crippen LogP contribution in [0.3, 0.4) is 0 Å². The summed E-state index contributed by atoms with van der Waals surface area (Å²) < 4.78 is 5.13. The number of carbonyl (C=O) groups excluding carboxylic acids is 1. The predicted molar refractivity (Wildman–Crippen MR) is 89.3 cm³/mol. The molecule has 0 saturated heterocycles. The molecule has 0 bridgehead atoms. The number of nitro benzene ring substituents is 1. The summed E-state index contributed by atoms with van der Waals surface area (Å²) in [4.78, 5) is 26.3. The lowest BCUT2D eigenvalue weighted by molar-refractivity contribution is -0.384. The van der Waals surface area contributed by atoms with E-state index in [9.17, 15) is 14.9 Å². The van der Waals surface area contributed by atoms with E-state index in [4.69, 9.17) is 4.74 Å². The lowest BCUT2D eigenvalue weighted by Crippen LogP contribution is -2.04. The van der Waals surface area contributed by atoms with Crippen molar-refractivity contribution in [3.8, 4) is 0 Å². The normalized spacial score (nSPS) is 15.6. The summed E-state index contributed by atoms with van der Waals surface area (Å²) in [5, 5.41) is 10.7. The first-order valence-corrected chi connectivity index (χ1v) is 7.12. The Labute approximate surface area is 137 Å². The molecule has 0 atom stereocenters. The van der Waals surface area contributed by atoms with Gasteiger partial charge in [-0.2, -0.15) is 0 Å². The number of nitrogens with zero attached hydrogens (tertiary/aromatic N) is 2. The number of benzene rings is 2. The van der Waals surface area contributed by atoms with Crippen LogP contribution in [-0.2, 0) is 9.53 Å². The van der Waals surface area contributed by atoms with Crippen LogP contribution in [0.1, 0.15) is 11.1 Å². The average molecular weight is 320 g/mol. The number of rotatable bonds is 4. The highest BCUT2D eigenvalue weighted by Crippen LogP contribution is 2.17. The summed E-state index contributed by atoms with van der Waals surface area (Å²) in [6, 6.07) is 15.3. The van der Waals surface area contributed by atoms with Crippen LogP contribution in [0.4, 0.5) is 5.69 Å². The molecule has 0 radical (unpaired) electrons. The van der Waals surface area contributed by atoms with Crippen molar-refractivity contribution >= 4 is 23.6 Å². The zero-order chi connectivity index (χ0) is 16.9. The molecule has 0 unspecified atom stereocenters. The minimum atomic E-state index is -0.530. The second kappa shape index (κ2) is 6.70. The molecule has 0 spiro atoms.